The quantitative estimate of drug-likeness (QED) is 0.183. The zero-order valence-electron chi connectivity index (χ0n) is 29.8. The lowest BCUT2D eigenvalue weighted by Crippen LogP contribution is -2.46. The SMILES string of the molecule is C[C@@H]1CN(c2ncc(Cl)c(Nc3ccc4c(c3)n(CCC3(C)COC3)c(=O)n4C)n2)CC[C@H]1Nc1ccc2c(C3CCC(=O)NC3=O)nn(C)c2c1. The van der Waals surface area contributed by atoms with Crippen LogP contribution < -0.4 is 26.5 Å². The van der Waals surface area contributed by atoms with E-state index >= 15 is 0 Å². The standard InChI is InChI=1S/C37H43ClN10O4/c1-21-18-47(13-11-27(21)40-22-5-7-24-29(15-22)46(4)44-32(24)25-8-10-31(49)42-34(25)50)35-39-17-26(38)33(43-35)41-23-6-9-28-30(16-23)48(36(51)45(28)3)14-12-37(2)19-52-20-37/h5-7,9,15-17,21,25,27,40H,8,10-14,18-20H2,1-4H3,(H,39,41,43)(H,42,49,50)/t21-,25?,27-/m1/s1. The summed E-state index contributed by atoms with van der Waals surface area (Å²) >= 11 is 6.61. The van der Waals surface area contributed by atoms with E-state index in [1.54, 1.807) is 22.5 Å². The normalized spacial score (nSPS) is 21.7. The van der Waals surface area contributed by atoms with Gasteiger partial charge in [-0.2, -0.15) is 10.1 Å². The number of benzene rings is 2. The number of hydrogen-bond acceptors (Lipinski definition) is 10. The number of carbonyl (C=O) groups excluding carboxylic acids is 2. The number of imide groups is 1. The molecule has 3 fully saturated rings. The number of imidazole rings is 1. The fourth-order valence-corrected chi connectivity index (χ4v) is 7.90. The van der Waals surface area contributed by atoms with Crippen molar-refractivity contribution in [1.82, 2.24) is 34.2 Å². The number of anilines is 4. The molecule has 3 aliphatic rings. The van der Waals surface area contributed by atoms with Crippen molar-refractivity contribution in [2.45, 2.75) is 58.0 Å². The molecule has 3 N–H and O–H groups in total. The number of rotatable bonds is 9. The molecule has 3 atom stereocenters. The Morgan fingerprint density at radius 3 is 2.58 bits per heavy atom. The molecule has 0 radical (unpaired) electrons. The van der Waals surface area contributed by atoms with Gasteiger partial charge in [-0.1, -0.05) is 25.4 Å². The van der Waals surface area contributed by atoms with Crippen molar-refractivity contribution in [3.05, 3.63) is 63.8 Å². The van der Waals surface area contributed by atoms with Crippen LogP contribution in [-0.2, 0) is 35.0 Å². The maximum atomic E-state index is 13.1. The van der Waals surface area contributed by atoms with Crippen LogP contribution in [0.2, 0.25) is 5.02 Å². The topological polar surface area (TPSA) is 153 Å². The first-order valence-electron chi connectivity index (χ1n) is 17.8. The van der Waals surface area contributed by atoms with Crippen LogP contribution in [0.5, 0.6) is 0 Å². The highest BCUT2D eigenvalue weighted by molar-refractivity contribution is 6.33. The van der Waals surface area contributed by atoms with Crippen molar-refractivity contribution in [3.63, 3.8) is 0 Å². The number of nitrogens with zero attached hydrogens (tertiary/aromatic N) is 7. The van der Waals surface area contributed by atoms with Gasteiger partial charge in [-0.05, 0) is 61.6 Å². The van der Waals surface area contributed by atoms with Crippen molar-refractivity contribution >= 4 is 68.5 Å². The van der Waals surface area contributed by atoms with E-state index in [0.717, 1.165) is 72.5 Å². The highest BCUT2D eigenvalue weighted by Gasteiger charge is 2.34. The Bertz CT molecular complexity index is 2270. The minimum Gasteiger partial charge on any atom is -0.382 e. The summed E-state index contributed by atoms with van der Waals surface area (Å²) in [7, 11) is 3.68. The summed E-state index contributed by atoms with van der Waals surface area (Å²) in [4.78, 5) is 49.0. The Morgan fingerprint density at radius 2 is 1.83 bits per heavy atom. The van der Waals surface area contributed by atoms with Crippen molar-refractivity contribution in [1.29, 1.82) is 0 Å². The Morgan fingerprint density at radius 1 is 1.04 bits per heavy atom. The Kier molecular flexibility index (Phi) is 8.69. The van der Waals surface area contributed by atoms with Crippen LogP contribution in [0.4, 0.5) is 23.1 Å². The van der Waals surface area contributed by atoms with Crippen LogP contribution in [-0.4, -0.2) is 73.0 Å². The summed E-state index contributed by atoms with van der Waals surface area (Å²) in [6.45, 7) is 7.97. The van der Waals surface area contributed by atoms with Crippen LogP contribution in [0.3, 0.4) is 0 Å². The van der Waals surface area contributed by atoms with Crippen LogP contribution in [0.15, 0.2) is 47.4 Å². The van der Waals surface area contributed by atoms with Gasteiger partial charge in [0.05, 0.1) is 47.6 Å². The smallest absolute Gasteiger partial charge is 0.328 e. The van der Waals surface area contributed by atoms with Gasteiger partial charge in [-0.15, -0.1) is 0 Å². The maximum absolute atomic E-state index is 13.1. The highest BCUT2D eigenvalue weighted by Crippen LogP contribution is 2.34. The van der Waals surface area contributed by atoms with Crippen LogP contribution in [0, 0.1) is 11.3 Å². The molecule has 52 heavy (non-hydrogen) atoms. The monoisotopic (exact) mass is 726 g/mol. The molecule has 0 aliphatic carbocycles. The number of fused-ring (bicyclic) bond motifs is 2. The number of halogens is 1. The summed E-state index contributed by atoms with van der Waals surface area (Å²) in [5.74, 6) is 0.424. The molecule has 1 unspecified atom stereocenters. The van der Waals surface area contributed by atoms with Gasteiger partial charge in [0.15, 0.2) is 5.82 Å². The van der Waals surface area contributed by atoms with E-state index in [4.69, 9.17) is 21.3 Å². The average molecular weight is 727 g/mol. The van der Waals surface area contributed by atoms with Gasteiger partial charge in [-0.25, -0.2) is 9.78 Å². The Balaban J connectivity index is 0.947. The summed E-state index contributed by atoms with van der Waals surface area (Å²) in [5.41, 5.74) is 5.18. The first-order chi connectivity index (χ1) is 25.0. The van der Waals surface area contributed by atoms with E-state index in [0.29, 0.717) is 41.9 Å². The first-order valence-corrected chi connectivity index (χ1v) is 18.2. The number of hydrogen-bond donors (Lipinski definition) is 3. The van der Waals surface area contributed by atoms with Gasteiger partial charge in [0.25, 0.3) is 0 Å². The van der Waals surface area contributed by atoms with E-state index in [1.165, 1.54) is 0 Å². The molecule has 2 aromatic carbocycles. The number of carbonyl (C=O) groups is 2. The second kappa shape index (κ2) is 13.2. The molecule has 14 nitrogen and oxygen atoms in total. The predicted octanol–water partition coefficient (Wildman–Crippen LogP) is 4.69. The van der Waals surface area contributed by atoms with Gasteiger partial charge >= 0.3 is 5.69 Å². The van der Waals surface area contributed by atoms with Crippen molar-refractivity contribution in [2.24, 2.45) is 25.4 Å². The molecule has 0 spiro atoms. The van der Waals surface area contributed by atoms with Gasteiger partial charge in [0, 0.05) is 68.4 Å². The molecule has 8 rings (SSSR count). The zero-order chi connectivity index (χ0) is 36.3. The summed E-state index contributed by atoms with van der Waals surface area (Å²) in [6.07, 6.45) is 4.14. The fraction of sp³-hybridized carbons (Fsp3) is 0.459. The Labute approximate surface area is 305 Å². The second-order valence-corrected chi connectivity index (χ2v) is 15.4. The molecule has 272 valence electrons. The molecule has 0 bridgehead atoms. The van der Waals surface area contributed by atoms with E-state index in [9.17, 15) is 14.4 Å². The first kappa shape index (κ1) is 34.2. The lowest BCUT2D eigenvalue weighted by atomic mass is 9.85. The van der Waals surface area contributed by atoms with E-state index < -0.39 is 5.92 Å². The number of nitrogens with one attached hydrogen (secondary N) is 3. The third-order valence-electron chi connectivity index (χ3n) is 11.0. The van der Waals surface area contributed by atoms with Gasteiger partial charge in [0.2, 0.25) is 17.8 Å². The maximum Gasteiger partial charge on any atom is 0.328 e. The van der Waals surface area contributed by atoms with Crippen LogP contribution >= 0.6 is 11.6 Å². The largest absolute Gasteiger partial charge is 0.382 e. The van der Waals surface area contributed by atoms with E-state index in [1.807, 2.05) is 41.9 Å². The molecule has 5 aromatic rings. The number of amides is 2. The lowest BCUT2D eigenvalue weighted by molar-refractivity contribution is -0.134. The van der Waals surface area contributed by atoms with Crippen molar-refractivity contribution < 1.29 is 14.3 Å². The minimum atomic E-state index is -0.437. The minimum absolute atomic E-state index is 0.0400. The number of aryl methyl sites for hydroxylation is 3. The molecular weight excluding hydrogens is 684 g/mol. The van der Waals surface area contributed by atoms with Gasteiger partial charge in [0.1, 0.15) is 5.02 Å². The summed E-state index contributed by atoms with van der Waals surface area (Å²) in [6, 6.07) is 12.2. The zero-order valence-corrected chi connectivity index (χ0v) is 30.5. The molecular formula is C37H43ClN10O4. The number of piperidine rings is 2. The second-order valence-electron chi connectivity index (χ2n) is 14.9. The molecule has 3 saturated heterocycles. The summed E-state index contributed by atoms with van der Waals surface area (Å²) < 4.78 is 10.7. The average Bonchev–Trinajstić information content (AvgIpc) is 3.55. The van der Waals surface area contributed by atoms with Gasteiger partial charge < -0.3 is 20.3 Å². The van der Waals surface area contributed by atoms with Gasteiger partial charge in [-0.3, -0.25) is 28.7 Å². The van der Waals surface area contributed by atoms with Crippen LogP contribution in [0.1, 0.15) is 51.1 Å². The fourth-order valence-electron chi connectivity index (χ4n) is 7.76. The van der Waals surface area contributed by atoms with Crippen LogP contribution in [0.25, 0.3) is 21.9 Å². The lowest BCUT2D eigenvalue weighted by Gasteiger charge is -2.38. The molecule has 6 heterocycles. The number of aromatic nitrogens is 6. The molecule has 3 aromatic heterocycles. The predicted molar refractivity (Wildman–Crippen MR) is 200 cm³/mol. The Hall–Kier alpha value is -4.95. The molecule has 3 aliphatic heterocycles. The van der Waals surface area contributed by atoms with Crippen molar-refractivity contribution in [3.8, 4) is 0 Å². The summed E-state index contributed by atoms with van der Waals surface area (Å²) in [5, 5.41) is 15.6. The third-order valence-corrected chi connectivity index (χ3v) is 11.2. The molecule has 0 saturated carbocycles. The van der Waals surface area contributed by atoms with E-state index in [2.05, 4.69) is 50.8 Å². The molecule has 2 amide bonds. The third kappa shape index (κ3) is 6.27. The highest BCUT2D eigenvalue weighted by atomic mass is 35.5. The van der Waals surface area contributed by atoms with Crippen molar-refractivity contribution in [2.75, 3.05) is 41.8 Å². The van der Waals surface area contributed by atoms with E-state index in [-0.39, 0.29) is 34.9 Å². The number of ether oxygens (including phenoxy) is 1. The molecule has 15 heteroatoms.